The molecule has 0 atom stereocenters. The predicted octanol–water partition coefficient (Wildman–Crippen LogP) is 3.15. The average Bonchev–Trinajstić information content (AvgIpc) is 2.60. The van der Waals surface area contributed by atoms with E-state index < -0.39 is 0 Å². The van der Waals surface area contributed by atoms with E-state index in [-0.39, 0.29) is 17.2 Å². The standard InChI is InChI=1S/C17H21N3O3S2/c1-3-8-24-10-12-9-15(21)20-17(18-12)25-11-16(22)19-13-6-4-5-7-14(13)23-2/h4-7,9H,3,8,10-11H2,1-2H3,(H,19,22)(H,18,20,21). The fourth-order valence-electron chi connectivity index (χ4n) is 2.01. The first kappa shape index (κ1) is 19.4. The van der Waals surface area contributed by atoms with Crippen LogP contribution in [0.3, 0.4) is 0 Å². The zero-order valence-electron chi connectivity index (χ0n) is 14.2. The summed E-state index contributed by atoms with van der Waals surface area (Å²) < 4.78 is 5.20. The number of para-hydroxylation sites is 2. The monoisotopic (exact) mass is 379 g/mol. The summed E-state index contributed by atoms with van der Waals surface area (Å²) in [4.78, 5) is 30.9. The lowest BCUT2D eigenvalue weighted by Crippen LogP contribution is -2.16. The number of hydrogen-bond donors (Lipinski definition) is 2. The van der Waals surface area contributed by atoms with Crippen LogP contribution in [0.2, 0.25) is 0 Å². The highest BCUT2D eigenvalue weighted by atomic mass is 32.2. The first-order valence-corrected chi connectivity index (χ1v) is 10.00. The minimum absolute atomic E-state index is 0.145. The van der Waals surface area contributed by atoms with Crippen molar-refractivity contribution in [1.82, 2.24) is 9.97 Å². The second kappa shape index (κ2) is 10.1. The summed E-state index contributed by atoms with van der Waals surface area (Å²) in [5.41, 5.74) is 1.14. The van der Waals surface area contributed by atoms with Crippen molar-refractivity contribution in [2.75, 3.05) is 23.9 Å². The van der Waals surface area contributed by atoms with Crippen molar-refractivity contribution < 1.29 is 9.53 Å². The van der Waals surface area contributed by atoms with E-state index in [9.17, 15) is 9.59 Å². The quantitative estimate of drug-likeness (QED) is 0.396. The number of nitrogens with zero attached hydrogens (tertiary/aromatic N) is 1. The van der Waals surface area contributed by atoms with E-state index in [0.717, 1.165) is 17.9 Å². The van der Waals surface area contributed by atoms with Gasteiger partial charge in [-0.3, -0.25) is 9.59 Å². The lowest BCUT2D eigenvalue weighted by Gasteiger charge is -2.09. The number of hydrogen-bond acceptors (Lipinski definition) is 6. The lowest BCUT2D eigenvalue weighted by atomic mass is 10.3. The molecule has 1 aromatic carbocycles. The fraction of sp³-hybridized carbons (Fsp3) is 0.353. The van der Waals surface area contributed by atoms with Crippen LogP contribution in [-0.2, 0) is 10.5 Å². The summed E-state index contributed by atoms with van der Waals surface area (Å²) in [5.74, 6) is 2.27. The molecule has 1 amide bonds. The minimum atomic E-state index is -0.199. The van der Waals surface area contributed by atoms with Crippen molar-refractivity contribution >= 4 is 35.1 Å². The molecule has 134 valence electrons. The molecule has 0 radical (unpaired) electrons. The molecule has 2 N–H and O–H groups in total. The SMILES string of the molecule is CCCSCc1cc(=O)[nH]c(SCC(=O)Nc2ccccc2OC)n1. The molecule has 2 rings (SSSR count). The van der Waals surface area contributed by atoms with Crippen LogP contribution in [0.5, 0.6) is 5.75 Å². The molecule has 1 heterocycles. The zero-order chi connectivity index (χ0) is 18.1. The Labute approximate surface area is 155 Å². The number of rotatable bonds is 9. The van der Waals surface area contributed by atoms with Crippen molar-refractivity contribution in [2.45, 2.75) is 24.3 Å². The molecule has 0 aliphatic heterocycles. The van der Waals surface area contributed by atoms with E-state index in [1.54, 1.807) is 31.0 Å². The minimum Gasteiger partial charge on any atom is -0.495 e. The first-order valence-electron chi connectivity index (χ1n) is 7.86. The summed E-state index contributed by atoms with van der Waals surface area (Å²) in [6, 6.07) is 8.70. The van der Waals surface area contributed by atoms with Gasteiger partial charge in [0.1, 0.15) is 5.75 Å². The summed E-state index contributed by atoms with van der Waals surface area (Å²) >= 11 is 2.94. The summed E-state index contributed by atoms with van der Waals surface area (Å²) in [6.45, 7) is 2.11. The number of carbonyl (C=O) groups excluding carboxylic acids is 1. The van der Waals surface area contributed by atoms with Crippen molar-refractivity contribution in [3.05, 3.63) is 46.4 Å². The maximum Gasteiger partial charge on any atom is 0.251 e. The van der Waals surface area contributed by atoms with Crippen LogP contribution in [-0.4, -0.2) is 34.5 Å². The van der Waals surface area contributed by atoms with E-state index in [4.69, 9.17) is 4.74 Å². The van der Waals surface area contributed by atoms with Crippen LogP contribution < -0.4 is 15.6 Å². The second-order valence-electron chi connectivity index (χ2n) is 5.13. The van der Waals surface area contributed by atoms with Gasteiger partial charge in [-0.15, -0.1) is 0 Å². The van der Waals surface area contributed by atoms with Gasteiger partial charge in [-0.2, -0.15) is 11.8 Å². The van der Waals surface area contributed by atoms with Gasteiger partial charge in [0.05, 0.1) is 24.2 Å². The molecule has 0 aliphatic carbocycles. The van der Waals surface area contributed by atoms with Gasteiger partial charge >= 0.3 is 0 Å². The van der Waals surface area contributed by atoms with Crippen LogP contribution in [0, 0.1) is 0 Å². The van der Waals surface area contributed by atoms with E-state index in [0.29, 0.717) is 22.3 Å². The maximum absolute atomic E-state index is 12.1. The Morgan fingerprint density at radius 3 is 2.92 bits per heavy atom. The molecule has 8 heteroatoms. The van der Waals surface area contributed by atoms with Gasteiger partial charge in [0.25, 0.3) is 5.56 Å². The molecule has 0 spiro atoms. The van der Waals surface area contributed by atoms with Gasteiger partial charge < -0.3 is 15.0 Å². The van der Waals surface area contributed by atoms with Gasteiger partial charge in [0.2, 0.25) is 5.91 Å². The molecule has 2 aromatic rings. The molecule has 0 aliphatic rings. The van der Waals surface area contributed by atoms with Crippen LogP contribution in [0.15, 0.2) is 40.3 Å². The number of aromatic amines is 1. The number of carbonyl (C=O) groups is 1. The molecule has 0 fully saturated rings. The third-order valence-corrected chi connectivity index (χ3v) is 5.16. The lowest BCUT2D eigenvalue weighted by molar-refractivity contribution is -0.113. The smallest absolute Gasteiger partial charge is 0.251 e. The van der Waals surface area contributed by atoms with Crippen molar-refractivity contribution in [1.29, 1.82) is 0 Å². The first-order chi connectivity index (χ1) is 12.1. The highest BCUT2D eigenvalue weighted by molar-refractivity contribution is 7.99. The van der Waals surface area contributed by atoms with E-state index in [1.165, 1.54) is 17.8 Å². The molecule has 25 heavy (non-hydrogen) atoms. The summed E-state index contributed by atoms with van der Waals surface area (Å²) in [5, 5.41) is 3.25. The fourth-order valence-corrected chi connectivity index (χ4v) is 3.50. The maximum atomic E-state index is 12.1. The number of ether oxygens (including phenoxy) is 1. The van der Waals surface area contributed by atoms with Gasteiger partial charge in [0, 0.05) is 11.8 Å². The topological polar surface area (TPSA) is 84.1 Å². The van der Waals surface area contributed by atoms with E-state index >= 15 is 0 Å². The second-order valence-corrected chi connectivity index (χ2v) is 7.20. The van der Waals surface area contributed by atoms with Crippen LogP contribution >= 0.6 is 23.5 Å². The number of aromatic nitrogens is 2. The third kappa shape index (κ3) is 6.47. The van der Waals surface area contributed by atoms with Gasteiger partial charge in [-0.1, -0.05) is 30.8 Å². The Balaban J connectivity index is 1.93. The molecule has 6 nitrogen and oxygen atoms in total. The highest BCUT2D eigenvalue weighted by Crippen LogP contribution is 2.23. The Hall–Kier alpha value is -1.93. The average molecular weight is 380 g/mol. The normalized spacial score (nSPS) is 10.5. The Morgan fingerprint density at radius 2 is 2.16 bits per heavy atom. The number of amides is 1. The number of thioether (sulfide) groups is 2. The van der Waals surface area contributed by atoms with Crippen LogP contribution in [0.25, 0.3) is 0 Å². The molecule has 0 saturated heterocycles. The number of anilines is 1. The summed E-state index contributed by atoms with van der Waals surface area (Å²) in [6.07, 6.45) is 1.08. The molecule has 0 bridgehead atoms. The van der Waals surface area contributed by atoms with Gasteiger partial charge in [0.15, 0.2) is 5.16 Å². The third-order valence-electron chi connectivity index (χ3n) is 3.09. The van der Waals surface area contributed by atoms with E-state index in [1.807, 2.05) is 12.1 Å². The highest BCUT2D eigenvalue weighted by Gasteiger charge is 2.09. The largest absolute Gasteiger partial charge is 0.495 e. The Kier molecular flexibility index (Phi) is 7.87. The van der Waals surface area contributed by atoms with Crippen molar-refractivity contribution in [2.24, 2.45) is 0 Å². The van der Waals surface area contributed by atoms with E-state index in [2.05, 4.69) is 22.2 Å². The van der Waals surface area contributed by atoms with Gasteiger partial charge in [-0.25, -0.2) is 4.98 Å². The van der Waals surface area contributed by atoms with Crippen molar-refractivity contribution in [3.8, 4) is 5.75 Å². The molecular formula is C17H21N3O3S2. The number of methoxy groups -OCH3 is 1. The van der Waals surface area contributed by atoms with Gasteiger partial charge in [-0.05, 0) is 24.3 Å². The molecule has 0 saturated carbocycles. The number of H-pyrrole nitrogens is 1. The molecule has 0 unspecified atom stereocenters. The Bertz CT molecular complexity index is 765. The van der Waals surface area contributed by atoms with Crippen LogP contribution in [0.1, 0.15) is 19.0 Å². The Morgan fingerprint density at radius 1 is 1.36 bits per heavy atom. The number of nitrogens with one attached hydrogen (secondary N) is 2. The molecule has 1 aromatic heterocycles. The number of benzene rings is 1. The predicted molar refractivity (Wildman–Crippen MR) is 104 cm³/mol. The summed E-state index contributed by atoms with van der Waals surface area (Å²) in [7, 11) is 1.55. The van der Waals surface area contributed by atoms with Crippen LogP contribution in [0.4, 0.5) is 5.69 Å². The zero-order valence-corrected chi connectivity index (χ0v) is 15.8. The van der Waals surface area contributed by atoms with Crippen molar-refractivity contribution in [3.63, 3.8) is 0 Å². The molecular weight excluding hydrogens is 358 g/mol.